The summed E-state index contributed by atoms with van der Waals surface area (Å²) in [6.07, 6.45) is 1.35. The van der Waals surface area contributed by atoms with Crippen LogP contribution in [0.15, 0.2) is 41.5 Å². The summed E-state index contributed by atoms with van der Waals surface area (Å²) in [5.74, 6) is -1.07. The van der Waals surface area contributed by atoms with E-state index in [1.165, 1.54) is 54.9 Å². The number of nitrogens with two attached hydrogens (primary N) is 1. The van der Waals surface area contributed by atoms with Crippen LogP contribution in [0.5, 0.6) is 0 Å². The molecule has 10 heteroatoms. The van der Waals surface area contributed by atoms with Crippen molar-refractivity contribution in [2.45, 2.75) is 5.75 Å². The molecule has 26 heavy (non-hydrogen) atoms. The highest BCUT2D eigenvalue weighted by atomic mass is 35.5. The van der Waals surface area contributed by atoms with Crippen molar-refractivity contribution in [1.29, 1.82) is 0 Å². The molecule has 0 aliphatic heterocycles. The summed E-state index contributed by atoms with van der Waals surface area (Å²) >= 11 is 5.74. The number of nitrogens with one attached hydrogen (secondary N) is 1. The van der Waals surface area contributed by atoms with Crippen molar-refractivity contribution in [2.75, 3.05) is 19.4 Å². The van der Waals surface area contributed by atoms with Gasteiger partial charge in [0.2, 0.25) is 5.96 Å². The van der Waals surface area contributed by atoms with E-state index in [1.807, 2.05) is 0 Å². The number of guanidine groups is 1. The first-order chi connectivity index (χ1) is 12.3. The molecule has 1 unspecified atom stereocenters. The Kier molecular flexibility index (Phi) is 6.64. The Morgan fingerprint density at radius 3 is 2.77 bits per heavy atom. The zero-order valence-corrected chi connectivity index (χ0v) is 15.6. The van der Waals surface area contributed by atoms with Crippen molar-refractivity contribution >= 4 is 40.1 Å². The number of pyridine rings is 1. The van der Waals surface area contributed by atoms with E-state index >= 15 is 0 Å². The fraction of sp³-hybridized carbons (Fsp3) is 0.188. The maximum atomic E-state index is 14.0. The number of amides is 1. The average molecular weight is 398 g/mol. The van der Waals surface area contributed by atoms with Crippen molar-refractivity contribution in [3.05, 3.63) is 58.6 Å². The number of rotatable bonds is 5. The van der Waals surface area contributed by atoms with Gasteiger partial charge in [-0.25, -0.2) is 13.6 Å². The molecule has 0 aliphatic carbocycles. The molecule has 0 fully saturated rings. The number of anilines is 1. The average Bonchev–Trinajstić information content (AvgIpc) is 2.63. The zero-order chi connectivity index (χ0) is 19.3. The highest BCUT2D eigenvalue weighted by Gasteiger charge is 2.15. The van der Waals surface area contributed by atoms with Crippen LogP contribution >= 0.6 is 11.6 Å². The Morgan fingerprint density at radius 1 is 1.42 bits per heavy atom. The molecule has 7 nitrogen and oxygen atoms in total. The van der Waals surface area contributed by atoms with E-state index in [1.54, 1.807) is 0 Å². The van der Waals surface area contributed by atoms with Crippen molar-refractivity contribution in [2.24, 2.45) is 10.7 Å². The van der Waals surface area contributed by atoms with Gasteiger partial charge in [0.25, 0.3) is 5.91 Å². The van der Waals surface area contributed by atoms with Crippen molar-refractivity contribution < 1.29 is 13.4 Å². The fourth-order valence-corrected chi connectivity index (χ4v) is 3.03. The molecule has 138 valence electrons. The second-order valence-corrected chi connectivity index (χ2v) is 7.08. The van der Waals surface area contributed by atoms with Gasteiger partial charge in [0.1, 0.15) is 22.5 Å². The van der Waals surface area contributed by atoms with E-state index in [0.29, 0.717) is 10.7 Å². The van der Waals surface area contributed by atoms with Crippen molar-refractivity contribution in [3.63, 3.8) is 0 Å². The summed E-state index contributed by atoms with van der Waals surface area (Å²) in [7, 11) is 1.34. The van der Waals surface area contributed by atoms with Crippen LogP contribution in [0.3, 0.4) is 0 Å². The Balaban J connectivity index is 2.15. The third kappa shape index (κ3) is 4.99. The van der Waals surface area contributed by atoms with E-state index < -0.39 is 22.7 Å². The molecule has 2 rings (SSSR count). The van der Waals surface area contributed by atoms with Crippen LogP contribution in [0.4, 0.5) is 10.1 Å². The predicted molar refractivity (Wildman–Crippen MR) is 101 cm³/mol. The summed E-state index contributed by atoms with van der Waals surface area (Å²) in [6, 6.07) is 7.02. The number of carbonyl (C=O) groups is 1. The second-order valence-electron chi connectivity index (χ2n) is 5.17. The maximum absolute atomic E-state index is 14.0. The van der Waals surface area contributed by atoms with Crippen molar-refractivity contribution in [1.82, 2.24) is 9.29 Å². The van der Waals surface area contributed by atoms with E-state index in [2.05, 4.69) is 15.3 Å². The number of aliphatic imine (C=N–C) groups is 1. The van der Waals surface area contributed by atoms with Crippen LogP contribution < -0.4 is 11.1 Å². The predicted octanol–water partition coefficient (Wildman–Crippen LogP) is 2.17. The first-order valence-electron chi connectivity index (χ1n) is 7.37. The Hall–Kier alpha value is -2.52. The molecule has 0 aliphatic rings. The Bertz CT molecular complexity index is 860. The molecule has 1 aromatic carbocycles. The molecular formula is C16H17ClFN5O2S. The number of benzene rings is 1. The van der Waals surface area contributed by atoms with Gasteiger partial charge in [-0.05, 0) is 30.3 Å². The van der Waals surface area contributed by atoms with Gasteiger partial charge >= 0.3 is 0 Å². The third-order valence-electron chi connectivity index (χ3n) is 3.40. The summed E-state index contributed by atoms with van der Waals surface area (Å²) in [6.45, 7) is 0. The van der Waals surface area contributed by atoms with Gasteiger partial charge in [-0.3, -0.25) is 14.1 Å². The van der Waals surface area contributed by atoms with Gasteiger partial charge in [-0.1, -0.05) is 11.6 Å². The van der Waals surface area contributed by atoms with Gasteiger partial charge < -0.3 is 11.1 Å². The van der Waals surface area contributed by atoms with E-state index in [-0.39, 0.29) is 23.0 Å². The highest BCUT2D eigenvalue weighted by molar-refractivity contribution is 7.82. The number of halogens is 2. The van der Waals surface area contributed by atoms with Crippen LogP contribution in [0.2, 0.25) is 5.02 Å². The van der Waals surface area contributed by atoms with Gasteiger partial charge in [0, 0.05) is 31.5 Å². The number of hydrogen-bond donors (Lipinski definition) is 2. The van der Waals surface area contributed by atoms with Gasteiger partial charge in [0.15, 0.2) is 0 Å². The lowest BCUT2D eigenvalue weighted by Crippen LogP contribution is -2.35. The monoisotopic (exact) mass is 397 g/mol. The largest absolute Gasteiger partial charge is 0.369 e. The molecule has 1 heterocycles. The maximum Gasteiger partial charge on any atom is 0.274 e. The second kappa shape index (κ2) is 8.72. The quantitative estimate of drug-likeness (QED) is 0.596. The Morgan fingerprint density at radius 2 is 2.15 bits per heavy atom. The fourth-order valence-electron chi connectivity index (χ4n) is 1.94. The van der Waals surface area contributed by atoms with Crippen molar-refractivity contribution in [3.8, 4) is 0 Å². The topological polar surface area (TPSA) is 101 Å². The van der Waals surface area contributed by atoms with Crippen LogP contribution in [0, 0.1) is 5.82 Å². The smallest absolute Gasteiger partial charge is 0.274 e. The third-order valence-corrected chi connectivity index (χ3v) is 4.98. The normalized spacial score (nSPS) is 12.5. The minimum absolute atomic E-state index is 0.0713. The molecule has 0 bridgehead atoms. The summed E-state index contributed by atoms with van der Waals surface area (Å²) in [5.41, 5.74) is 6.27. The lowest BCUT2D eigenvalue weighted by Gasteiger charge is -2.17. The summed E-state index contributed by atoms with van der Waals surface area (Å²) in [4.78, 5) is 19.8. The molecule has 1 amide bonds. The van der Waals surface area contributed by atoms with Gasteiger partial charge in [-0.2, -0.15) is 0 Å². The minimum atomic E-state index is -1.62. The Labute approximate surface area is 157 Å². The highest BCUT2D eigenvalue weighted by Crippen LogP contribution is 2.18. The van der Waals surface area contributed by atoms with Crippen LogP contribution in [0.25, 0.3) is 0 Å². The zero-order valence-electron chi connectivity index (χ0n) is 14.1. The first-order valence-corrected chi connectivity index (χ1v) is 9.03. The molecule has 3 N–H and O–H groups in total. The first kappa shape index (κ1) is 19.8. The minimum Gasteiger partial charge on any atom is -0.369 e. The number of nitrogens with zero attached hydrogens (tertiary/aromatic N) is 3. The standard InChI is InChI=1S/C16H17ClFN5O2S/c1-20-16(19)23(2)26(25)9-10-7-12(4-5-13(10)18)22-15(24)14-6-3-11(17)8-21-14/h3-8H,9H2,1-2H3,(H2,19,20)(H,22,24). The molecule has 1 atom stereocenters. The summed E-state index contributed by atoms with van der Waals surface area (Å²) in [5, 5.41) is 3.02. The SMILES string of the molecule is CN=C(N)N(C)S(=O)Cc1cc(NC(=O)c2ccc(Cl)cn2)ccc1F. The molecule has 0 saturated carbocycles. The molecule has 0 saturated heterocycles. The lowest BCUT2D eigenvalue weighted by atomic mass is 10.2. The van der Waals surface area contributed by atoms with Gasteiger partial charge in [0.05, 0.1) is 10.8 Å². The van der Waals surface area contributed by atoms with Crippen LogP contribution in [0.1, 0.15) is 16.1 Å². The molecule has 0 radical (unpaired) electrons. The molecule has 0 spiro atoms. The summed E-state index contributed by atoms with van der Waals surface area (Å²) < 4.78 is 27.5. The molecule has 1 aromatic heterocycles. The van der Waals surface area contributed by atoms with Crippen LogP contribution in [-0.2, 0) is 16.7 Å². The van der Waals surface area contributed by atoms with E-state index in [4.69, 9.17) is 17.3 Å². The van der Waals surface area contributed by atoms with E-state index in [0.717, 1.165) is 0 Å². The molecular weight excluding hydrogens is 381 g/mol. The number of carbonyl (C=O) groups excluding carboxylic acids is 1. The number of aromatic nitrogens is 1. The van der Waals surface area contributed by atoms with E-state index in [9.17, 15) is 13.4 Å². The van der Waals surface area contributed by atoms with Gasteiger partial charge in [-0.15, -0.1) is 0 Å². The lowest BCUT2D eigenvalue weighted by molar-refractivity contribution is 0.102. The molecule has 2 aromatic rings. The van der Waals surface area contributed by atoms with Crippen LogP contribution in [-0.4, -0.2) is 39.5 Å². The number of hydrogen-bond acceptors (Lipinski definition) is 4.